The predicted octanol–water partition coefficient (Wildman–Crippen LogP) is 2.80. The summed E-state index contributed by atoms with van der Waals surface area (Å²) in [6, 6.07) is 17.4. The minimum absolute atomic E-state index is 0.116. The molecule has 2 aromatic rings. The first-order valence-electron chi connectivity index (χ1n) is 12.7. The summed E-state index contributed by atoms with van der Waals surface area (Å²) in [5, 5.41) is 12.4. The van der Waals surface area contributed by atoms with Gasteiger partial charge in [-0.1, -0.05) is 42.5 Å². The summed E-state index contributed by atoms with van der Waals surface area (Å²) >= 11 is 0. The quantitative estimate of drug-likeness (QED) is 0.535. The summed E-state index contributed by atoms with van der Waals surface area (Å²) in [5.41, 5.74) is 1.46. The molecular formula is C27H37N3O5S. The fraction of sp³-hybridized carbons (Fsp3) is 0.519. The molecule has 9 heteroatoms. The monoisotopic (exact) mass is 515 g/mol. The third-order valence-corrected chi connectivity index (χ3v) is 9.83. The molecule has 1 amide bonds. The number of para-hydroxylation sites is 1. The molecule has 0 saturated carbocycles. The molecule has 0 spiro atoms. The first-order chi connectivity index (χ1) is 17.4. The summed E-state index contributed by atoms with van der Waals surface area (Å²) in [5.74, 6) is 0.547. The van der Waals surface area contributed by atoms with Crippen LogP contribution in [-0.4, -0.2) is 74.5 Å². The molecule has 2 saturated heterocycles. The lowest BCUT2D eigenvalue weighted by Gasteiger charge is -2.43. The van der Waals surface area contributed by atoms with Gasteiger partial charge in [-0.05, 0) is 61.1 Å². The molecule has 8 nitrogen and oxygen atoms in total. The third-order valence-electron chi connectivity index (χ3n) is 7.79. The molecule has 0 atom stereocenters. The number of hydrogen-bond donors (Lipinski definition) is 2. The number of aliphatic hydroxyl groups excluding tert-OH is 1. The van der Waals surface area contributed by atoms with E-state index in [1.807, 2.05) is 30.3 Å². The lowest BCUT2D eigenvalue weighted by atomic mass is 9.71. The number of piperidine rings is 2. The van der Waals surface area contributed by atoms with Gasteiger partial charge in [-0.15, -0.1) is 0 Å². The molecule has 0 unspecified atom stereocenters. The molecule has 2 aliphatic rings. The molecule has 2 aliphatic heterocycles. The van der Waals surface area contributed by atoms with E-state index in [-0.39, 0.29) is 23.8 Å². The normalized spacial score (nSPS) is 19.6. The van der Waals surface area contributed by atoms with Crippen LogP contribution in [-0.2, 0) is 15.6 Å². The number of nitrogens with one attached hydrogen (secondary N) is 1. The predicted molar refractivity (Wildman–Crippen MR) is 139 cm³/mol. The topological polar surface area (TPSA) is 99.2 Å². The number of methoxy groups -OCH3 is 1. The van der Waals surface area contributed by atoms with Gasteiger partial charge in [0.25, 0.3) is 16.1 Å². The Kier molecular flexibility index (Phi) is 8.66. The maximum Gasteiger partial charge on any atom is 0.281 e. The van der Waals surface area contributed by atoms with Crippen LogP contribution in [0.1, 0.15) is 48.0 Å². The van der Waals surface area contributed by atoms with E-state index >= 15 is 0 Å². The van der Waals surface area contributed by atoms with E-state index in [1.165, 1.54) is 5.56 Å². The molecule has 2 fully saturated rings. The van der Waals surface area contributed by atoms with E-state index < -0.39 is 10.2 Å². The second-order valence-corrected chi connectivity index (χ2v) is 11.7. The van der Waals surface area contributed by atoms with Crippen LogP contribution < -0.4 is 10.1 Å². The minimum atomic E-state index is -3.53. The van der Waals surface area contributed by atoms with E-state index in [0.717, 1.165) is 0 Å². The number of hydrogen-bond acceptors (Lipinski definition) is 5. The highest BCUT2D eigenvalue weighted by molar-refractivity contribution is 7.86. The van der Waals surface area contributed by atoms with Crippen molar-refractivity contribution in [3.8, 4) is 5.75 Å². The maximum atomic E-state index is 13.3. The van der Waals surface area contributed by atoms with Crippen molar-refractivity contribution < 1.29 is 23.1 Å². The van der Waals surface area contributed by atoms with Crippen molar-refractivity contribution in [3.05, 3.63) is 65.7 Å². The number of nitrogens with zero attached hydrogens (tertiary/aromatic N) is 2. The Bertz CT molecular complexity index is 1110. The number of carbonyl (C=O) groups is 1. The highest BCUT2D eigenvalue weighted by Crippen LogP contribution is 2.39. The summed E-state index contributed by atoms with van der Waals surface area (Å²) in [7, 11) is -1.98. The van der Waals surface area contributed by atoms with Gasteiger partial charge in [0.05, 0.1) is 12.7 Å². The van der Waals surface area contributed by atoms with Crippen LogP contribution in [0.2, 0.25) is 0 Å². The van der Waals surface area contributed by atoms with E-state index in [9.17, 15) is 18.3 Å². The van der Waals surface area contributed by atoms with Crippen molar-refractivity contribution in [2.24, 2.45) is 5.92 Å². The van der Waals surface area contributed by atoms with Crippen LogP contribution in [0.3, 0.4) is 0 Å². The van der Waals surface area contributed by atoms with Crippen molar-refractivity contribution in [1.82, 2.24) is 13.9 Å². The smallest absolute Gasteiger partial charge is 0.281 e. The number of aliphatic hydroxyl groups is 1. The fourth-order valence-electron chi connectivity index (χ4n) is 5.45. The van der Waals surface area contributed by atoms with Crippen molar-refractivity contribution in [1.29, 1.82) is 0 Å². The van der Waals surface area contributed by atoms with Gasteiger partial charge in [-0.25, -0.2) is 0 Å². The Morgan fingerprint density at radius 2 is 1.61 bits per heavy atom. The van der Waals surface area contributed by atoms with Crippen LogP contribution >= 0.6 is 0 Å². The first kappa shape index (κ1) is 26.6. The average molecular weight is 516 g/mol. The molecule has 4 rings (SSSR count). The second-order valence-electron chi connectivity index (χ2n) is 9.78. The van der Waals surface area contributed by atoms with Crippen molar-refractivity contribution in [2.75, 3.05) is 46.4 Å². The van der Waals surface area contributed by atoms with Gasteiger partial charge < -0.3 is 15.2 Å². The molecule has 0 aromatic heterocycles. The molecule has 0 bridgehead atoms. The minimum Gasteiger partial charge on any atom is -0.496 e. The lowest BCUT2D eigenvalue weighted by molar-refractivity contribution is 0.0944. The van der Waals surface area contributed by atoms with Gasteiger partial charge in [0, 0.05) is 39.3 Å². The zero-order chi connectivity index (χ0) is 25.6. The van der Waals surface area contributed by atoms with Gasteiger partial charge in [0.15, 0.2) is 0 Å². The summed E-state index contributed by atoms with van der Waals surface area (Å²) in [4.78, 5) is 12.8. The first-order valence-corrected chi connectivity index (χ1v) is 14.1. The molecule has 36 heavy (non-hydrogen) atoms. The Morgan fingerprint density at radius 3 is 2.25 bits per heavy atom. The molecule has 196 valence electrons. The molecule has 2 heterocycles. The Morgan fingerprint density at radius 1 is 1.00 bits per heavy atom. The average Bonchev–Trinajstić information content (AvgIpc) is 2.93. The fourth-order valence-corrected chi connectivity index (χ4v) is 7.09. The molecule has 0 radical (unpaired) electrons. The Labute approximate surface area is 214 Å². The van der Waals surface area contributed by atoms with Crippen molar-refractivity contribution >= 4 is 16.1 Å². The summed E-state index contributed by atoms with van der Waals surface area (Å²) in [6.07, 6.45) is 3.49. The summed E-state index contributed by atoms with van der Waals surface area (Å²) < 4.78 is 35.2. The second kappa shape index (κ2) is 11.7. The highest BCUT2D eigenvalue weighted by Gasteiger charge is 2.41. The van der Waals surface area contributed by atoms with Crippen molar-refractivity contribution in [2.45, 2.75) is 37.5 Å². The number of ether oxygens (including phenoxy) is 1. The zero-order valence-corrected chi connectivity index (χ0v) is 21.8. The SMILES string of the molecule is COc1ccccc1C(=O)NCCC1(c2ccccc2)CCN(S(=O)(=O)N2CCC(CO)CC2)CC1. The van der Waals surface area contributed by atoms with Crippen LogP contribution in [0.15, 0.2) is 54.6 Å². The van der Waals surface area contributed by atoms with E-state index in [2.05, 4.69) is 17.4 Å². The van der Waals surface area contributed by atoms with Crippen LogP contribution in [0, 0.1) is 5.92 Å². The third kappa shape index (κ3) is 5.75. The van der Waals surface area contributed by atoms with Gasteiger partial charge in [0.1, 0.15) is 5.75 Å². The Hall–Kier alpha value is -2.46. The number of carbonyl (C=O) groups excluding carboxylic acids is 1. The van der Waals surface area contributed by atoms with Gasteiger partial charge >= 0.3 is 0 Å². The summed E-state index contributed by atoms with van der Waals surface area (Å²) in [6.45, 7) is 2.40. The van der Waals surface area contributed by atoms with E-state index in [1.54, 1.807) is 27.9 Å². The molecular weight excluding hydrogens is 478 g/mol. The van der Waals surface area contributed by atoms with E-state index in [0.29, 0.717) is 76.1 Å². The standard InChI is InChI=1S/C27H37N3O5S/c1-35-25-10-6-5-9-24(25)26(32)28-16-13-27(23-7-3-2-4-8-23)14-19-30(20-15-27)36(33,34)29-17-11-22(21-31)12-18-29/h2-10,22,31H,11-21H2,1H3,(H,28,32). The Balaban J connectivity index is 1.42. The van der Waals surface area contributed by atoms with Gasteiger partial charge in [-0.3, -0.25) is 4.79 Å². The number of rotatable bonds is 9. The van der Waals surface area contributed by atoms with Crippen molar-refractivity contribution in [3.63, 3.8) is 0 Å². The molecule has 2 aromatic carbocycles. The van der Waals surface area contributed by atoms with Crippen LogP contribution in [0.4, 0.5) is 0 Å². The van der Waals surface area contributed by atoms with Crippen LogP contribution in [0.25, 0.3) is 0 Å². The van der Waals surface area contributed by atoms with Crippen LogP contribution in [0.5, 0.6) is 5.75 Å². The largest absolute Gasteiger partial charge is 0.496 e. The number of amides is 1. The molecule has 0 aliphatic carbocycles. The molecule has 2 N–H and O–H groups in total. The number of benzene rings is 2. The van der Waals surface area contributed by atoms with Gasteiger partial charge in [-0.2, -0.15) is 17.0 Å². The highest BCUT2D eigenvalue weighted by atomic mass is 32.2. The zero-order valence-electron chi connectivity index (χ0n) is 20.9. The van der Waals surface area contributed by atoms with Gasteiger partial charge in [0.2, 0.25) is 0 Å². The lowest BCUT2D eigenvalue weighted by Crippen LogP contribution is -2.52. The van der Waals surface area contributed by atoms with E-state index in [4.69, 9.17) is 4.74 Å². The maximum absolute atomic E-state index is 13.3.